The van der Waals surface area contributed by atoms with Crippen molar-refractivity contribution < 1.29 is 44.2 Å². The van der Waals surface area contributed by atoms with Crippen LogP contribution in [-0.4, -0.2) is 39.2 Å². The molecule has 12 heavy (non-hydrogen) atoms. The van der Waals surface area contributed by atoms with Gasteiger partial charge in [-0.2, -0.15) is 0 Å². The summed E-state index contributed by atoms with van der Waals surface area (Å²) in [5.74, 6) is 0. The van der Waals surface area contributed by atoms with Crippen LogP contribution in [0.4, 0.5) is 0 Å². The lowest BCUT2D eigenvalue weighted by Gasteiger charge is -2.23. The highest BCUT2D eigenvalue weighted by molar-refractivity contribution is 4.29. The first-order valence-corrected chi connectivity index (χ1v) is 4.07. The maximum Gasteiger partial charge on any atom is 0.0780 e. The lowest BCUT2D eigenvalue weighted by atomic mass is 10.3. The lowest BCUT2D eigenvalue weighted by Crippen LogP contribution is -3.00. The SMILES string of the molecule is CCCC[N+](C)(C)C.C[NH3+].[Br-].[Br-]. The first kappa shape index (κ1) is 23.1. The van der Waals surface area contributed by atoms with Crippen LogP contribution in [0, 0.1) is 0 Å². The molecule has 2 nitrogen and oxygen atoms in total. The zero-order chi connectivity index (χ0) is 8.62. The van der Waals surface area contributed by atoms with Gasteiger partial charge in [-0.15, -0.1) is 0 Å². The van der Waals surface area contributed by atoms with Crippen LogP contribution >= 0.6 is 0 Å². The molecule has 0 atom stereocenters. The molecule has 0 aliphatic carbocycles. The zero-order valence-corrected chi connectivity index (χ0v) is 12.2. The summed E-state index contributed by atoms with van der Waals surface area (Å²) >= 11 is 0. The predicted molar refractivity (Wildman–Crippen MR) is 46.6 cm³/mol. The fourth-order valence-corrected chi connectivity index (χ4v) is 0.632. The number of nitrogens with zero attached hydrogens (tertiary/aromatic N) is 1. The zero-order valence-electron chi connectivity index (χ0n) is 9.03. The largest absolute Gasteiger partial charge is 1.00 e. The quantitative estimate of drug-likeness (QED) is 0.504. The van der Waals surface area contributed by atoms with Crippen molar-refractivity contribution in [2.24, 2.45) is 0 Å². The van der Waals surface area contributed by atoms with E-state index in [9.17, 15) is 0 Å². The minimum absolute atomic E-state index is 0. The maximum absolute atomic E-state index is 3.25. The van der Waals surface area contributed by atoms with E-state index in [4.69, 9.17) is 0 Å². The van der Waals surface area contributed by atoms with Gasteiger partial charge in [-0.05, 0) is 6.42 Å². The fourth-order valence-electron chi connectivity index (χ4n) is 0.632. The Kier molecular flexibility index (Phi) is 27.7. The van der Waals surface area contributed by atoms with Gasteiger partial charge in [-0.25, -0.2) is 0 Å². The fraction of sp³-hybridized carbons (Fsp3) is 1.00. The average molecular weight is 308 g/mol. The number of hydrogen-bond acceptors (Lipinski definition) is 0. The summed E-state index contributed by atoms with van der Waals surface area (Å²) in [6.07, 6.45) is 2.67. The van der Waals surface area contributed by atoms with E-state index in [2.05, 4.69) is 33.8 Å². The van der Waals surface area contributed by atoms with Crippen molar-refractivity contribution in [2.45, 2.75) is 19.8 Å². The molecule has 0 fully saturated rings. The molecule has 0 aromatic heterocycles. The molecule has 4 heteroatoms. The second kappa shape index (κ2) is 14.4. The molecule has 0 rings (SSSR count). The molecule has 0 saturated heterocycles. The van der Waals surface area contributed by atoms with E-state index in [-0.39, 0.29) is 34.0 Å². The van der Waals surface area contributed by atoms with Crippen LogP contribution in [0.2, 0.25) is 0 Å². The Labute approximate surface area is 98.6 Å². The molecule has 0 aliphatic rings. The van der Waals surface area contributed by atoms with Crippen LogP contribution in [-0.2, 0) is 0 Å². The molecule has 0 spiro atoms. The summed E-state index contributed by atoms with van der Waals surface area (Å²) in [6, 6.07) is 0. The number of unbranched alkanes of at least 4 members (excludes halogenated alkanes) is 1. The van der Waals surface area contributed by atoms with E-state index in [1.54, 1.807) is 7.05 Å². The third-order valence-electron chi connectivity index (χ3n) is 1.18. The summed E-state index contributed by atoms with van der Waals surface area (Å²) in [5.41, 5.74) is 3.25. The van der Waals surface area contributed by atoms with Crippen LogP contribution in [0.3, 0.4) is 0 Å². The molecule has 0 bridgehead atoms. The first-order chi connectivity index (χ1) is 4.56. The smallest absolute Gasteiger partial charge is 0.0780 e. The number of hydrogen-bond donors (Lipinski definition) is 1. The standard InChI is InChI=1S/C7H18N.CH5N.2BrH/c1-5-6-7-8(2,3)4;1-2;;/h5-7H2,1-4H3;2H2,1H3;2*1H/q+1;;;/p-1. The van der Waals surface area contributed by atoms with Gasteiger partial charge in [-0.3, -0.25) is 0 Å². The highest BCUT2D eigenvalue weighted by Crippen LogP contribution is 1.94. The normalized spacial score (nSPS) is 8.50. The van der Waals surface area contributed by atoms with Gasteiger partial charge < -0.3 is 44.2 Å². The molecule has 0 aromatic carbocycles. The van der Waals surface area contributed by atoms with Gasteiger partial charge in [-0.1, -0.05) is 13.3 Å². The summed E-state index contributed by atoms with van der Waals surface area (Å²) in [5, 5.41) is 0. The van der Waals surface area contributed by atoms with Crippen molar-refractivity contribution in [2.75, 3.05) is 34.7 Å². The summed E-state index contributed by atoms with van der Waals surface area (Å²) in [7, 11) is 8.45. The molecule has 0 aliphatic heterocycles. The van der Waals surface area contributed by atoms with Gasteiger partial charge in [0.15, 0.2) is 0 Å². The molecule has 3 N–H and O–H groups in total. The van der Waals surface area contributed by atoms with E-state index in [1.165, 1.54) is 19.4 Å². The van der Waals surface area contributed by atoms with Crippen LogP contribution in [0.15, 0.2) is 0 Å². The monoisotopic (exact) mass is 306 g/mol. The minimum atomic E-state index is 0. The second-order valence-corrected chi connectivity index (χ2v) is 3.37. The first-order valence-electron chi connectivity index (χ1n) is 4.07. The van der Waals surface area contributed by atoms with Crippen molar-refractivity contribution >= 4 is 0 Å². The molecular formula is C8H24Br2N2. The molecule has 0 aromatic rings. The average Bonchev–Trinajstić information content (AvgIpc) is 1.87. The van der Waals surface area contributed by atoms with E-state index < -0.39 is 0 Å². The maximum atomic E-state index is 3.25. The highest BCUT2D eigenvalue weighted by Gasteiger charge is 2.02. The Hall–Kier alpha value is 0.880. The van der Waals surface area contributed by atoms with Gasteiger partial charge >= 0.3 is 0 Å². The van der Waals surface area contributed by atoms with Crippen LogP contribution in [0.1, 0.15) is 19.8 Å². The van der Waals surface area contributed by atoms with Gasteiger partial charge in [0.05, 0.1) is 34.7 Å². The Morgan fingerprint density at radius 1 is 1.00 bits per heavy atom. The number of rotatable bonds is 3. The van der Waals surface area contributed by atoms with Crippen LogP contribution in [0.5, 0.6) is 0 Å². The molecule has 80 valence electrons. The molecule has 0 amide bonds. The van der Waals surface area contributed by atoms with E-state index in [1.807, 2.05) is 0 Å². The third kappa shape index (κ3) is 30.7. The van der Waals surface area contributed by atoms with Crippen molar-refractivity contribution in [1.82, 2.24) is 0 Å². The van der Waals surface area contributed by atoms with Crippen molar-refractivity contribution in [3.63, 3.8) is 0 Å². The van der Waals surface area contributed by atoms with Gasteiger partial charge in [0.2, 0.25) is 0 Å². The predicted octanol–water partition coefficient (Wildman–Crippen LogP) is -5.64. The van der Waals surface area contributed by atoms with Crippen molar-refractivity contribution in [3.05, 3.63) is 0 Å². The number of halogens is 2. The minimum Gasteiger partial charge on any atom is -1.00 e. The third-order valence-corrected chi connectivity index (χ3v) is 1.18. The van der Waals surface area contributed by atoms with Crippen LogP contribution in [0.25, 0.3) is 0 Å². The molecule has 0 unspecified atom stereocenters. The Morgan fingerprint density at radius 2 is 1.33 bits per heavy atom. The van der Waals surface area contributed by atoms with Crippen molar-refractivity contribution in [1.29, 1.82) is 0 Å². The van der Waals surface area contributed by atoms with E-state index in [0.717, 1.165) is 4.48 Å². The Bertz CT molecular complexity index is 62.6. The Balaban J connectivity index is -0.0000000740. The van der Waals surface area contributed by atoms with E-state index in [0.29, 0.717) is 0 Å². The van der Waals surface area contributed by atoms with Gasteiger partial charge in [0, 0.05) is 0 Å². The molecule has 0 heterocycles. The molecule has 0 saturated carbocycles. The lowest BCUT2D eigenvalue weighted by molar-refractivity contribution is -0.870. The van der Waals surface area contributed by atoms with Gasteiger partial charge in [0.1, 0.15) is 0 Å². The van der Waals surface area contributed by atoms with Crippen molar-refractivity contribution in [3.8, 4) is 0 Å². The summed E-state index contributed by atoms with van der Waals surface area (Å²) in [4.78, 5) is 0. The second-order valence-electron chi connectivity index (χ2n) is 3.37. The number of quaternary nitrogens is 2. The Morgan fingerprint density at radius 3 is 1.42 bits per heavy atom. The topological polar surface area (TPSA) is 27.6 Å². The molecular weight excluding hydrogens is 284 g/mol. The molecule has 0 radical (unpaired) electrons. The van der Waals surface area contributed by atoms with Crippen LogP contribution < -0.4 is 39.7 Å². The summed E-state index contributed by atoms with van der Waals surface area (Å²) < 4.78 is 1.10. The highest BCUT2D eigenvalue weighted by atomic mass is 79.9. The van der Waals surface area contributed by atoms with Gasteiger partial charge in [0.25, 0.3) is 0 Å². The van der Waals surface area contributed by atoms with E-state index >= 15 is 0 Å². The summed E-state index contributed by atoms with van der Waals surface area (Å²) in [6.45, 7) is 3.53.